The zero-order valence-electron chi connectivity index (χ0n) is 15.8. The van der Waals surface area contributed by atoms with Gasteiger partial charge in [0.05, 0.1) is 16.8 Å². The van der Waals surface area contributed by atoms with E-state index in [0.717, 1.165) is 22.2 Å². The number of nitro groups is 1. The average Bonchev–Trinajstić information content (AvgIpc) is 3.31. The number of hydrogen-bond donors (Lipinski definition) is 1. The van der Waals surface area contributed by atoms with Crippen LogP contribution < -0.4 is 20.1 Å². The summed E-state index contributed by atoms with van der Waals surface area (Å²) in [6.45, 7) is 0.166. The van der Waals surface area contributed by atoms with Crippen molar-refractivity contribution >= 4 is 46.3 Å². The van der Waals surface area contributed by atoms with Crippen LogP contribution in [0.3, 0.4) is 0 Å². The lowest BCUT2D eigenvalue weighted by molar-refractivity contribution is -0.384. The van der Waals surface area contributed by atoms with Gasteiger partial charge in [0.15, 0.2) is 16.7 Å². The van der Waals surface area contributed by atoms with E-state index < -0.39 is 22.0 Å². The van der Waals surface area contributed by atoms with Crippen LogP contribution in [0.5, 0.6) is 11.5 Å². The number of anilines is 1. The summed E-state index contributed by atoms with van der Waals surface area (Å²) in [5, 5.41) is 17.9. The fourth-order valence-corrected chi connectivity index (χ4v) is 3.85. The molecule has 2 aromatic carbocycles. The van der Waals surface area contributed by atoms with Gasteiger partial charge < -0.3 is 15.2 Å². The number of carbonyl (C=O) groups excluding carboxylic acids is 2. The molecule has 2 aromatic rings. The molecule has 0 spiro atoms. The first-order chi connectivity index (χ1) is 14.9. The highest BCUT2D eigenvalue weighted by atomic mass is 32.2. The fraction of sp³-hybridized carbons (Fsp3) is 0.158. The normalized spacial score (nSPS) is 18.3. The zero-order chi connectivity index (χ0) is 22.0. The van der Waals surface area contributed by atoms with Crippen molar-refractivity contribution in [1.82, 2.24) is 0 Å². The van der Waals surface area contributed by atoms with Crippen molar-refractivity contribution in [3.63, 3.8) is 0 Å². The second-order valence-electron chi connectivity index (χ2n) is 6.45. The lowest BCUT2D eigenvalue weighted by Crippen LogP contribution is -2.31. The first-order valence-electron chi connectivity index (χ1n) is 8.96. The Morgan fingerprint density at radius 2 is 2.03 bits per heavy atom. The molecule has 0 radical (unpaired) electrons. The zero-order valence-corrected chi connectivity index (χ0v) is 16.7. The Morgan fingerprint density at radius 1 is 1.23 bits per heavy atom. The van der Waals surface area contributed by atoms with Crippen molar-refractivity contribution in [1.29, 1.82) is 0 Å². The van der Waals surface area contributed by atoms with Gasteiger partial charge in [0.1, 0.15) is 5.25 Å². The lowest BCUT2D eigenvalue weighted by Gasteiger charge is -2.14. The highest BCUT2D eigenvalue weighted by Gasteiger charge is 2.41. The first-order valence-corrected chi connectivity index (χ1v) is 9.84. The van der Waals surface area contributed by atoms with Crippen LogP contribution in [0.15, 0.2) is 52.7 Å². The van der Waals surface area contributed by atoms with Gasteiger partial charge in [0.25, 0.3) is 5.69 Å². The lowest BCUT2D eigenvalue weighted by atomic mass is 10.2. The third kappa shape index (κ3) is 4.33. The SMILES string of the molecule is N/C(=N\N=C\c1ccc2c(c1)OCO2)SC1CC(=O)N(c2cccc([N+](=O)[O-])c2)C1=O. The van der Waals surface area contributed by atoms with Gasteiger partial charge in [0.2, 0.25) is 18.6 Å². The minimum absolute atomic E-state index is 0.00374. The largest absolute Gasteiger partial charge is 0.454 e. The Labute approximate surface area is 179 Å². The smallest absolute Gasteiger partial charge is 0.271 e. The molecule has 0 bridgehead atoms. The number of nitrogens with zero attached hydrogens (tertiary/aromatic N) is 4. The van der Waals surface area contributed by atoms with E-state index in [9.17, 15) is 19.7 Å². The summed E-state index contributed by atoms with van der Waals surface area (Å²) in [7, 11) is 0. The number of amidine groups is 1. The summed E-state index contributed by atoms with van der Waals surface area (Å²) in [5.74, 6) is 0.257. The Hall–Kier alpha value is -3.93. The molecular formula is C19H15N5O6S. The number of thioether (sulfide) groups is 1. The molecule has 31 heavy (non-hydrogen) atoms. The number of imide groups is 1. The molecule has 0 saturated carbocycles. The third-order valence-electron chi connectivity index (χ3n) is 4.43. The number of rotatable bonds is 5. The fourth-order valence-electron chi connectivity index (χ4n) is 3.03. The molecule has 0 aliphatic carbocycles. The van der Waals surface area contributed by atoms with Gasteiger partial charge in [-0.15, -0.1) is 5.10 Å². The third-order valence-corrected chi connectivity index (χ3v) is 5.40. The number of nitrogens with two attached hydrogens (primary N) is 1. The number of fused-ring (bicyclic) bond motifs is 1. The van der Waals surface area contributed by atoms with Gasteiger partial charge >= 0.3 is 0 Å². The summed E-state index contributed by atoms with van der Waals surface area (Å²) in [4.78, 5) is 36.3. The van der Waals surface area contributed by atoms with Crippen LogP contribution in [0.2, 0.25) is 0 Å². The quantitative estimate of drug-likeness (QED) is 0.243. The van der Waals surface area contributed by atoms with E-state index in [1.54, 1.807) is 18.2 Å². The molecule has 2 aliphatic rings. The summed E-state index contributed by atoms with van der Waals surface area (Å²) in [6.07, 6.45) is 1.36. The topological polar surface area (TPSA) is 150 Å². The molecule has 158 valence electrons. The Bertz CT molecular complexity index is 1130. The van der Waals surface area contributed by atoms with Crippen LogP contribution in [0.25, 0.3) is 0 Å². The minimum atomic E-state index is -0.795. The Balaban J connectivity index is 1.42. The van der Waals surface area contributed by atoms with Crippen molar-refractivity contribution in [3.05, 3.63) is 58.1 Å². The predicted octanol–water partition coefficient (Wildman–Crippen LogP) is 2.04. The number of amides is 2. The van der Waals surface area contributed by atoms with Crippen molar-refractivity contribution in [2.45, 2.75) is 11.7 Å². The summed E-state index contributed by atoms with van der Waals surface area (Å²) < 4.78 is 10.5. The van der Waals surface area contributed by atoms with Crippen molar-refractivity contribution in [2.24, 2.45) is 15.9 Å². The van der Waals surface area contributed by atoms with E-state index in [1.807, 2.05) is 0 Å². The Kier molecular flexibility index (Phi) is 5.54. The van der Waals surface area contributed by atoms with Crippen LogP contribution in [-0.2, 0) is 9.59 Å². The van der Waals surface area contributed by atoms with Gasteiger partial charge in [-0.2, -0.15) is 5.10 Å². The first kappa shape index (κ1) is 20.3. The minimum Gasteiger partial charge on any atom is -0.454 e. The molecule has 1 unspecified atom stereocenters. The molecule has 1 fully saturated rings. The van der Waals surface area contributed by atoms with Crippen molar-refractivity contribution in [3.8, 4) is 11.5 Å². The molecule has 2 heterocycles. The second-order valence-corrected chi connectivity index (χ2v) is 7.67. The Morgan fingerprint density at radius 3 is 2.84 bits per heavy atom. The molecule has 4 rings (SSSR count). The van der Waals surface area contributed by atoms with Gasteiger partial charge in [0, 0.05) is 18.6 Å². The molecule has 2 aliphatic heterocycles. The summed E-state index contributed by atoms with van der Waals surface area (Å²) in [6, 6.07) is 10.6. The van der Waals surface area contributed by atoms with Crippen LogP contribution >= 0.6 is 11.8 Å². The summed E-state index contributed by atoms with van der Waals surface area (Å²) in [5.41, 5.74) is 6.49. The predicted molar refractivity (Wildman–Crippen MR) is 113 cm³/mol. The van der Waals surface area contributed by atoms with E-state index in [0.29, 0.717) is 11.5 Å². The maximum atomic E-state index is 12.7. The van der Waals surface area contributed by atoms with Crippen LogP contribution in [0.4, 0.5) is 11.4 Å². The molecule has 2 amide bonds. The highest BCUT2D eigenvalue weighted by Crippen LogP contribution is 2.33. The van der Waals surface area contributed by atoms with Crippen LogP contribution in [0, 0.1) is 10.1 Å². The van der Waals surface area contributed by atoms with E-state index in [2.05, 4.69) is 10.2 Å². The molecule has 2 N–H and O–H groups in total. The maximum absolute atomic E-state index is 12.7. The van der Waals surface area contributed by atoms with Gasteiger partial charge in [-0.3, -0.25) is 19.7 Å². The van der Waals surface area contributed by atoms with E-state index in [-0.39, 0.29) is 29.8 Å². The van der Waals surface area contributed by atoms with E-state index >= 15 is 0 Å². The molecule has 11 nitrogen and oxygen atoms in total. The number of ether oxygens (including phenoxy) is 2. The van der Waals surface area contributed by atoms with Crippen molar-refractivity contribution in [2.75, 3.05) is 11.7 Å². The number of benzene rings is 2. The van der Waals surface area contributed by atoms with E-state index in [4.69, 9.17) is 15.2 Å². The van der Waals surface area contributed by atoms with Crippen molar-refractivity contribution < 1.29 is 24.0 Å². The number of hydrogen-bond acceptors (Lipinski definition) is 9. The number of carbonyl (C=O) groups is 2. The number of nitro benzene ring substituents is 1. The molecule has 0 aromatic heterocycles. The standard InChI is InChI=1S/C19H15N5O6S/c20-19(22-21-9-11-4-5-14-15(6-11)30-10-29-14)31-16-8-17(25)23(18(16)26)12-2-1-3-13(7-12)24(27)28/h1-7,9,16H,8,10H2,(H2,20,22)/b21-9+. The van der Waals surface area contributed by atoms with Crippen LogP contribution in [-0.4, -0.2) is 40.2 Å². The van der Waals surface area contributed by atoms with Gasteiger partial charge in [-0.1, -0.05) is 17.8 Å². The van der Waals surface area contributed by atoms with E-state index in [1.165, 1.54) is 30.5 Å². The molecule has 1 saturated heterocycles. The van der Waals surface area contributed by atoms with Gasteiger partial charge in [-0.25, -0.2) is 4.90 Å². The number of non-ortho nitro benzene ring substituents is 1. The molecule has 1 atom stereocenters. The molecular weight excluding hydrogens is 426 g/mol. The monoisotopic (exact) mass is 441 g/mol. The van der Waals surface area contributed by atoms with Gasteiger partial charge in [-0.05, 0) is 29.8 Å². The molecule has 12 heteroatoms. The summed E-state index contributed by atoms with van der Waals surface area (Å²) >= 11 is 0.907. The highest BCUT2D eigenvalue weighted by molar-refractivity contribution is 8.14. The average molecular weight is 441 g/mol. The van der Waals surface area contributed by atoms with Crippen LogP contribution in [0.1, 0.15) is 12.0 Å². The second kappa shape index (κ2) is 8.44. The maximum Gasteiger partial charge on any atom is 0.271 e.